The Balaban J connectivity index is 2.72. The van der Waals surface area contributed by atoms with Gasteiger partial charge in [0.2, 0.25) is 6.29 Å². The number of rotatable bonds is 6. The number of para-hydroxylation sites is 1. The molecule has 1 unspecified atom stereocenters. The fourth-order valence-corrected chi connectivity index (χ4v) is 1.36. The predicted octanol–water partition coefficient (Wildman–Crippen LogP) is 3.08. The van der Waals surface area contributed by atoms with Crippen molar-refractivity contribution in [3.8, 4) is 5.75 Å². The Labute approximate surface area is 91.3 Å². The van der Waals surface area contributed by atoms with Gasteiger partial charge in [0.05, 0.1) is 12.5 Å². The molecular weight excluding hydrogens is 188 g/mol. The van der Waals surface area contributed by atoms with Crippen LogP contribution in [0.5, 0.6) is 5.75 Å². The van der Waals surface area contributed by atoms with Crippen molar-refractivity contribution in [2.45, 2.75) is 32.6 Å². The Morgan fingerprint density at radius 1 is 1.40 bits per heavy atom. The first-order valence-corrected chi connectivity index (χ1v) is 5.39. The number of ether oxygens (including phenoxy) is 1. The van der Waals surface area contributed by atoms with Gasteiger partial charge >= 0.3 is 0 Å². The van der Waals surface area contributed by atoms with Crippen LogP contribution in [0.2, 0.25) is 0 Å². The van der Waals surface area contributed by atoms with E-state index in [-0.39, 0.29) is 5.92 Å². The number of carbonyl (C=O) groups excluding carboxylic acids is 1. The summed E-state index contributed by atoms with van der Waals surface area (Å²) in [6.07, 6.45) is 4.13. The summed E-state index contributed by atoms with van der Waals surface area (Å²) in [6, 6.07) is 7.65. The lowest BCUT2D eigenvalue weighted by molar-refractivity contribution is 0.306. The van der Waals surface area contributed by atoms with E-state index in [0.29, 0.717) is 6.61 Å². The minimum Gasteiger partial charge on any atom is -0.493 e. The largest absolute Gasteiger partial charge is 0.493 e. The first kappa shape index (κ1) is 11.8. The Hall–Kier alpha value is -1.31. The van der Waals surface area contributed by atoms with Crippen molar-refractivity contribution in [2.24, 2.45) is 0 Å². The third kappa shape index (κ3) is 3.39. The van der Waals surface area contributed by atoms with Crippen LogP contribution in [-0.4, -0.2) is 12.9 Å². The maximum absolute atomic E-state index is 10.6. The Kier molecular flexibility index (Phi) is 4.88. The van der Waals surface area contributed by atoms with Gasteiger partial charge in [0.1, 0.15) is 5.75 Å². The SMILES string of the molecule is CCCCOc1ccccc1C(C)[C]=O. The maximum atomic E-state index is 10.6. The Morgan fingerprint density at radius 3 is 2.80 bits per heavy atom. The van der Waals surface area contributed by atoms with Crippen molar-refractivity contribution >= 4 is 6.29 Å². The van der Waals surface area contributed by atoms with Gasteiger partial charge in [-0.25, -0.2) is 0 Å². The van der Waals surface area contributed by atoms with E-state index >= 15 is 0 Å². The normalized spacial score (nSPS) is 12.1. The van der Waals surface area contributed by atoms with Crippen LogP contribution in [0.15, 0.2) is 24.3 Å². The third-order valence-electron chi connectivity index (χ3n) is 2.32. The monoisotopic (exact) mass is 205 g/mol. The molecule has 15 heavy (non-hydrogen) atoms. The molecule has 0 aliphatic heterocycles. The lowest BCUT2D eigenvalue weighted by Gasteiger charge is -2.12. The molecule has 0 aliphatic rings. The van der Waals surface area contributed by atoms with E-state index < -0.39 is 0 Å². The van der Waals surface area contributed by atoms with Crippen molar-refractivity contribution in [3.05, 3.63) is 29.8 Å². The average Bonchev–Trinajstić information content (AvgIpc) is 2.29. The van der Waals surface area contributed by atoms with Crippen molar-refractivity contribution < 1.29 is 9.53 Å². The highest BCUT2D eigenvalue weighted by molar-refractivity contribution is 5.64. The third-order valence-corrected chi connectivity index (χ3v) is 2.32. The zero-order valence-corrected chi connectivity index (χ0v) is 9.32. The highest BCUT2D eigenvalue weighted by Gasteiger charge is 2.10. The van der Waals surface area contributed by atoms with E-state index in [1.165, 1.54) is 0 Å². The molecule has 1 atom stereocenters. The maximum Gasteiger partial charge on any atom is 0.206 e. The summed E-state index contributed by atoms with van der Waals surface area (Å²) in [5, 5.41) is 0. The van der Waals surface area contributed by atoms with Crippen LogP contribution in [0.4, 0.5) is 0 Å². The van der Waals surface area contributed by atoms with Gasteiger partial charge in [0.15, 0.2) is 0 Å². The summed E-state index contributed by atoms with van der Waals surface area (Å²) in [5.41, 5.74) is 0.920. The lowest BCUT2D eigenvalue weighted by Crippen LogP contribution is -2.02. The second-order valence-electron chi connectivity index (χ2n) is 3.58. The molecule has 0 saturated carbocycles. The summed E-state index contributed by atoms with van der Waals surface area (Å²) >= 11 is 0. The molecule has 1 aromatic rings. The molecule has 1 aromatic carbocycles. The lowest BCUT2D eigenvalue weighted by atomic mass is 10.0. The van der Waals surface area contributed by atoms with Gasteiger partial charge in [-0.15, -0.1) is 0 Å². The minimum absolute atomic E-state index is 0.220. The molecule has 0 aliphatic carbocycles. The van der Waals surface area contributed by atoms with Crippen molar-refractivity contribution in [1.82, 2.24) is 0 Å². The standard InChI is InChI=1S/C13H17O2/c1-3-4-9-15-13-8-6-5-7-12(13)11(2)10-14/h5-8,11H,3-4,9H2,1-2H3. The second-order valence-corrected chi connectivity index (χ2v) is 3.58. The van der Waals surface area contributed by atoms with Crippen LogP contribution < -0.4 is 4.74 Å². The zero-order chi connectivity index (χ0) is 11.1. The van der Waals surface area contributed by atoms with E-state index in [1.54, 1.807) is 0 Å². The molecule has 0 N–H and O–H groups in total. The first-order valence-electron chi connectivity index (χ1n) is 5.39. The summed E-state index contributed by atoms with van der Waals surface area (Å²) < 4.78 is 5.62. The molecule has 0 aromatic heterocycles. The fraction of sp³-hybridized carbons (Fsp3) is 0.462. The molecule has 0 saturated heterocycles. The van der Waals surface area contributed by atoms with Crippen LogP contribution in [0.25, 0.3) is 0 Å². The smallest absolute Gasteiger partial charge is 0.206 e. The fourth-order valence-electron chi connectivity index (χ4n) is 1.36. The highest BCUT2D eigenvalue weighted by Crippen LogP contribution is 2.25. The Morgan fingerprint density at radius 2 is 2.13 bits per heavy atom. The number of unbranched alkanes of at least 4 members (excludes halogenated alkanes) is 1. The predicted molar refractivity (Wildman–Crippen MR) is 61.0 cm³/mol. The van der Waals surface area contributed by atoms with E-state index in [4.69, 9.17) is 4.74 Å². The van der Waals surface area contributed by atoms with E-state index in [9.17, 15) is 4.79 Å². The quantitative estimate of drug-likeness (QED) is 0.667. The van der Waals surface area contributed by atoms with Crippen LogP contribution in [0.1, 0.15) is 38.2 Å². The first-order chi connectivity index (χ1) is 7.29. The van der Waals surface area contributed by atoms with E-state index in [0.717, 1.165) is 24.2 Å². The van der Waals surface area contributed by atoms with Crippen LogP contribution in [0, 0.1) is 0 Å². The average molecular weight is 205 g/mol. The molecule has 2 nitrogen and oxygen atoms in total. The molecule has 0 bridgehead atoms. The number of benzene rings is 1. The van der Waals surface area contributed by atoms with E-state index in [2.05, 4.69) is 6.92 Å². The second kappa shape index (κ2) is 6.23. The van der Waals surface area contributed by atoms with Gasteiger partial charge in [0.25, 0.3) is 0 Å². The van der Waals surface area contributed by atoms with Crippen LogP contribution in [0.3, 0.4) is 0 Å². The minimum atomic E-state index is -0.220. The molecule has 2 heteroatoms. The molecule has 0 spiro atoms. The molecule has 81 valence electrons. The topological polar surface area (TPSA) is 26.3 Å². The van der Waals surface area contributed by atoms with Gasteiger partial charge in [-0.3, -0.25) is 4.79 Å². The highest BCUT2D eigenvalue weighted by atomic mass is 16.5. The number of hydrogen-bond donors (Lipinski definition) is 0. The summed E-state index contributed by atoms with van der Waals surface area (Å²) in [4.78, 5) is 10.6. The Bertz CT molecular complexity index is 307. The van der Waals surface area contributed by atoms with E-state index in [1.807, 2.05) is 37.5 Å². The van der Waals surface area contributed by atoms with Crippen molar-refractivity contribution in [2.75, 3.05) is 6.61 Å². The van der Waals surface area contributed by atoms with Gasteiger partial charge in [-0.2, -0.15) is 0 Å². The molecule has 1 rings (SSSR count). The molecular formula is C13H17O2. The zero-order valence-electron chi connectivity index (χ0n) is 9.32. The molecule has 1 radical (unpaired) electrons. The summed E-state index contributed by atoms with van der Waals surface area (Å²) in [6.45, 7) is 4.66. The summed E-state index contributed by atoms with van der Waals surface area (Å²) in [7, 11) is 0. The van der Waals surface area contributed by atoms with Gasteiger partial charge in [-0.1, -0.05) is 38.5 Å². The summed E-state index contributed by atoms with van der Waals surface area (Å²) in [5.74, 6) is 0.588. The van der Waals surface area contributed by atoms with Crippen LogP contribution >= 0.6 is 0 Å². The molecule has 0 amide bonds. The molecule has 0 heterocycles. The number of hydrogen-bond acceptors (Lipinski definition) is 2. The van der Waals surface area contributed by atoms with Gasteiger partial charge < -0.3 is 4.74 Å². The van der Waals surface area contributed by atoms with Crippen molar-refractivity contribution in [3.63, 3.8) is 0 Å². The van der Waals surface area contributed by atoms with Crippen LogP contribution in [-0.2, 0) is 4.79 Å². The molecule has 0 fully saturated rings. The van der Waals surface area contributed by atoms with Crippen molar-refractivity contribution in [1.29, 1.82) is 0 Å². The van der Waals surface area contributed by atoms with Gasteiger partial charge in [0, 0.05) is 5.56 Å². The van der Waals surface area contributed by atoms with Gasteiger partial charge in [-0.05, 0) is 12.5 Å².